The summed E-state index contributed by atoms with van der Waals surface area (Å²) in [4.78, 5) is 0. The van der Waals surface area contributed by atoms with Gasteiger partial charge in [-0.3, -0.25) is 0 Å². The maximum Gasteiger partial charge on any atom is 0.0340 e. The van der Waals surface area contributed by atoms with Gasteiger partial charge >= 0.3 is 0 Å². The van der Waals surface area contributed by atoms with Crippen molar-refractivity contribution < 1.29 is 0 Å². The third-order valence-electron chi connectivity index (χ3n) is 16.8. The fraction of sp³-hybridized carbons (Fsp3) is 0.212. The standard InChI is InChI=1S/C66H56/c1-65(2)61-20-7-6-17-59(61)60-34-31-54(39-62(60)65)53-15-8-16-55(38-53)63(52-27-23-49(24-28-52)58-19-10-14-50-13-9-18-57(64(50)58)48-11-4-3-5-12-48)51-25-21-46(22-26-51)47-29-32-56(33-30-47)66-40-43-35-44(41-66)37-45(36-43)42-66/h3-34,38-39,43-45,63H,35-37,40-42H2,1-2H3. The van der Waals surface area contributed by atoms with E-state index in [1.54, 1.807) is 5.56 Å². The molecule has 4 fully saturated rings. The zero-order valence-corrected chi connectivity index (χ0v) is 38.2. The summed E-state index contributed by atoms with van der Waals surface area (Å²) in [6.07, 6.45) is 8.69. The van der Waals surface area contributed by atoms with Gasteiger partial charge in [-0.1, -0.05) is 214 Å². The molecular formula is C66H56. The minimum absolute atomic E-state index is 0.0490. The first kappa shape index (κ1) is 39.6. The summed E-state index contributed by atoms with van der Waals surface area (Å²) < 4.78 is 0. The van der Waals surface area contributed by atoms with Gasteiger partial charge in [0.2, 0.25) is 0 Å². The van der Waals surface area contributed by atoms with Crippen molar-refractivity contribution in [2.24, 2.45) is 17.8 Å². The van der Waals surface area contributed by atoms with E-state index < -0.39 is 0 Å². The molecule has 9 aromatic rings. The Morgan fingerprint density at radius 2 is 0.848 bits per heavy atom. The molecule has 5 aliphatic carbocycles. The Labute approximate surface area is 391 Å². The summed E-state index contributed by atoms with van der Waals surface area (Å²) in [6, 6.07) is 78.4. The normalized spacial score (nSPS) is 21.4. The zero-order valence-electron chi connectivity index (χ0n) is 38.2. The van der Waals surface area contributed by atoms with E-state index in [-0.39, 0.29) is 11.3 Å². The second-order valence-electron chi connectivity index (χ2n) is 21.1. The Kier molecular flexibility index (Phi) is 9.25. The van der Waals surface area contributed by atoms with Gasteiger partial charge < -0.3 is 0 Å². The molecule has 0 amide bonds. The van der Waals surface area contributed by atoms with Crippen LogP contribution in [0.3, 0.4) is 0 Å². The van der Waals surface area contributed by atoms with Gasteiger partial charge in [-0.2, -0.15) is 0 Å². The van der Waals surface area contributed by atoms with Crippen LogP contribution in [0, 0.1) is 17.8 Å². The van der Waals surface area contributed by atoms with Gasteiger partial charge in [-0.15, -0.1) is 0 Å². The predicted octanol–water partition coefficient (Wildman–Crippen LogP) is 17.5. The van der Waals surface area contributed by atoms with E-state index >= 15 is 0 Å². The van der Waals surface area contributed by atoms with Crippen molar-refractivity contribution in [3.05, 3.63) is 240 Å². The van der Waals surface area contributed by atoms with Gasteiger partial charge in [-0.05, 0) is 168 Å². The molecule has 66 heavy (non-hydrogen) atoms. The Hall–Kier alpha value is -6.76. The average Bonchev–Trinajstić information content (AvgIpc) is 3.59. The molecule has 9 aromatic carbocycles. The van der Waals surface area contributed by atoms with E-state index in [2.05, 4.69) is 220 Å². The van der Waals surface area contributed by atoms with Crippen LogP contribution < -0.4 is 0 Å². The van der Waals surface area contributed by atoms with Crippen LogP contribution in [0.15, 0.2) is 206 Å². The molecule has 1 atom stereocenters. The predicted molar refractivity (Wildman–Crippen MR) is 277 cm³/mol. The molecular weight excluding hydrogens is 793 g/mol. The van der Waals surface area contributed by atoms with Crippen LogP contribution in [0.5, 0.6) is 0 Å². The van der Waals surface area contributed by atoms with Gasteiger partial charge in [0, 0.05) is 11.3 Å². The van der Waals surface area contributed by atoms with Gasteiger partial charge in [0.05, 0.1) is 0 Å². The number of fused-ring (bicyclic) bond motifs is 4. The lowest BCUT2D eigenvalue weighted by Gasteiger charge is -2.57. The van der Waals surface area contributed by atoms with Crippen molar-refractivity contribution >= 4 is 10.8 Å². The molecule has 0 saturated heterocycles. The highest BCUT2D eigenvalue weighted by atomic mass is 14.6. The average molecular weight is 849 g/mol. The van der Waals surface area contributed by atoms with E-state index in [1.807, 2.05) is 0 Å². The Balaban J connectivity index is 0.873. The number of hydrogen-bond donors (Lipinski definition) is 0. The minimum Gasteiger partial charge on any atom is -0.0622 e. The lowest BCUT2D eigenvalue weighted by atomic mass is 9.48. The Bertz CT molecular complexity index is 3230. The molecule has 0 radical (unpaired) electrons. The van der Waals surface area contributed by atoms with Gasteiger partial charge in [-0.25, -0.2) is 0 Å². The van der Waals surface area contributed by atoms with Crippen molar-refractivity contribution in [2.45, 2.75) is 69.1 Å². The molecule has 0 aromatic heterocycles. The fourth-order valence-electron chi connectivity index (χ4n) is 14.0. The van der Waals surface area contributed by atoms with Crippen LogP contribution >= 0.6 is 0 Å². The molecule has 0 N–H and O–H groups in total. The van der Waals surface area contributed by atoms with Crippen LogP contribution in [-0.2, 0) is 10.8 Å². The smallest absolute Gasteiger partial charge is 0.0340 e. The topological polar surface area (TPSA) is 0 Å². The largest absolute Gasteiger partial charge is 0.0622 e. The summed E-state index contributed by atoms with van der Waals surface area (Å²) >= 11 is 0. The molecule has 0 heterocycles. The summed E-state index contributed by atoms with van der Waals surface area (Å²) in [6.45, 7) is 4.75. The SMILES string of the molecule is CC1(C)c2ccccc2-c2ccc(-c3cccc(C(c4ccc(-c5ccc(C67CC8CC(CC(C8)C6)C7)cc5)cc4)c4ccc(-c5cccc6cccc(-c7ccccc7)c56)cc4)c3)cc21. The summed E-state index contributed by atoms with van der Waals surface area (Å²) in [5, 5.41) is 2.55. The number of rotatable bonds is 8. The van der Waals surface area contributed by atoms with E-state index in [4.69, 9.17) is 0 Å². The second kappa shape index (κ2) is 15.4. The summed E-state index contributed by atoms with van der Waals surface area (Å²) in [7, 11) is 0. The van der Waals surface area contributed by atoms with Crippen molar-refractivity contribution in [3.8, 4) is 55.6 Å². The monoisotopic (exact) mass is 848 g/mol. The minimum atomic E-state index is -0.0490. The summed E-state index contributed by atoms with van der Waals surface area (Å²) in [5.74, 6) is 2.92. The highest BCUT2D eigenvalue weighted by molar-refractivity contribution is 6.06. The first-order chi connectivity index (χ1) is 32.4. The highest BCUT2D eigenvalue weighted by Crippen LogP contribution is 2.61. The van der Waals surface area contributed by atoms with Crippen LogP contribution in [0.1, 0.15) is 91.7 Å². The molecule has 4 saturated carbocycles. The second-order valence-corrected chi connectivity index (χ2v) is 21.1. The molecule has 4 bridgehead atoms. The maximum atomic E-state index is 2.49. The highest BCUT2D eigenvalue weighted by Gasteiger charge is 2.51. The molecule has 14 rings (SSSR count). The molecule has 1 unspecified atom stereocenters. The molecule has 0 nitrogen and oxygen atoms in total. The van der Waals surface area contributed by atoms with E-state index in [0.29, 0.717) is 5.41 Å². The van der Waals surface area contributed by atoms with Crippen molar-refractivity contribution in [3.63, 3.8) is 0 Å². The molecule has 5 aliphatic rings. The van der Waals surface area contributed by atoms with E-state index in [0.717, 1.165) is 17.8 Å². The third kappa shape index (κ3) is 6.55. The van der Waals surface area contributed by atoms with E-state index in [1.165, 1.54) is 133 Å². The molecule has 0 heteroatoms. The van der Waals surface area contributed by atoms with Gasteiger partial charge in [0.1, 0.15) is 0 Å². The Morgan fingerprint density at radius 3 is 1.50 bits per heavy atom. The number of hydrogen-bond acceptors (Lipinski definition) is 0. The lowest BCUT2D eigenvalue weighted by Crippen LogP contribution is -2.48. The van der Waals surface area contributed by atoms with Crippen LogP contribution in [-0.4, -0.2) is 0 Å². The van der Waals surface area contributed by atoms with Crippen LogP contribution in [0.25, 0.3) is 66.4 Å². The van der Waals surface area contributed by atoms with Gasteiger partial charge in [0.15, 0.2) is 0 Å². The third-order valence-corrected chi connectivity index (χ3v) is 16.8. The first-order valence-corrected chi connectivity index (χ1v) is 24.6. The van der Waals surface area contributed by atoms with E-state index in [9.17, 15) is 0 Å². The van der Waals surface area contributed by atoms with Crippen molar-refractivity contribution in [1.82, 2.24) is 0 Å². The summed E-state index contributed by atoms with van der Waals surface area (Å²) in [5.41, 5.74) is 21.5. The first-order valence-electron chi connectivity index (χ1n) is 24.6. The fourth-order valence-corrected chi connectivity index (χ4v) is 14.0. The Morgan fingerprint density at radius 1 is 0.364 bits per heavy atom. The zero-order chi connectivity index (χ0) is 44.0. The maximum absolute atomic E-state index is 2.49. The quantitative estimate of drug-likeness (QED) is 0.134. The van der Waals surface area contributed by atoms with Crippen molar-refractivity contribution in [2.75, 3.05) is 0 Å². The lowest BCUT2D eigenvalue weighted by molar-refractivity contribution is -0.00518. The molecule has 0 aliphatic heterocycles. The van der Waals surface area contributed by atoms with Gasteiger partial charge in [0.25, 0.3) is 0 Å². The van der Waals surface area contributed by atoms with Crippen LogP contribution in [0.2, 0.25) is 0 Å². The molecule has 320 valence electrons. The molecule has 0 spiro atoms. The van der Waals surface area contributed by atoms with Crippen LogP contribution in [0.4, 0.5) is 0 Å². The van der Waals surface area contributed by atoms with Crippen molar-refractivity contribution in [1.29, 1.82) is 0 Å². The number of benzene rings is 9.